The van der Waals surface area contributed by atoms with Crippen LogP contribution in [0.5, 0.6) is 5.75 Å². The average Bonchev–Trinajstić information content (AvgIpc) is 3.91. The average molecular weight is 806 g/mol. The molecular weight excluding hydrogens is 767 g/mol. The number of para-hydroxylation sites is 2. The molecule has 2 unspecified atom stereocenters. The fraction of sp³-hybridized carbons (Fsp3) is 0.0333. The van der Waals surface area contributed by atoms with Crippen molar-refractivity contribution in [2.24, 2.45) is 0 Å². The molecule has 13 rings (SSSR count). The first-order chi connectivity index (χ1) is 31.2. The molecule has 0 amide bonds. The molecule has 0 radical (unpaired) electrons. The van der Waals surface area contributed by atoms with E-state index in [1.165, 1.54) is 54.6 Å². The van der Waals surface area contributed by atoms with Gasteiger partial charge in [0.2, 0.25) is 0 Å². The van der Waals surface area contributed by atoms with Crippen molar-refractivity contribution in [3.8, 4) is 28.0 Å². The summed E-state index contributed by atoms with van der Waals surface area (Å²) in [6.45, 7) is 0. The number of fused-ring (bicyclic) bond motifs is 10. The van der Waals surface area contributed by atoms with Crippen molar-refractivity contribution in [1.29, 1.82) is 0 Å². The molecule has 296 valence electrons. The largest absolute Gasteiger partial charge is 0.485 e. The number of allylic oxidation sites excluding steroid dienone is 2. The smallest absolute Gasteiger partial charge is 0.136 e. The second-order valence-corrected chi connectivity index (χ2v) is 16.7. The summed E-state index contributed by atoms with van der Waals surface area (Å²) < 4.78 is 12.8. The molecule has 11 aromatic rings. The lowest BCUT2D eigenvalue weighted by Crippen LogP contribution is -2.18. The summed E-state index contributed by atoms with van der Waals surface area (Å²) in [4.78, 5) is 2.40. The van der Waals surface area contributed by atoms with Crippen molar-refractivity contribution in [3.63, 3.8) is 0 Å². The molecular formula is C60H39NO2. The highest BCUT2D eigenvalue weighted by molar-refractivity contribution is 6.13. The zero-order valence-electron chi connectivity index (χ0n) is 34.3. The first-order valence-corrected chi connectivity index (χ1v) is 21.7. The molecule has 0 spiro atoms. The minimum absolute atomic E-state index is 0.0345. The van der Waals surface area contributed by atoms with E-state index in [1.807, 2.05) is 12.1 Å². The minimum atomic E-state index is -0.0345. The summed E-state index contributed by atoms with van der Waals surface area (Å²) in [7, 11) is 0. The van der Waals surface area contributed by atoms with Crippen LogP contribution in [0.25, 0.3) is 82.1 Å². The predicted octanol–water partition coefficient (Wildman–Crippen LogP) is 16.3. The van der Waals surface area contributed by atoms with Crippen molar-refractivity contribution in [1.82, 2.24) is 0 Å². The topological polar surface area (TPSA) is 25.6 Å². The van der Waals surface area contributed by atoms with Crippen LogP contribution in [0.4, 0.5) is 17.1 Å². The van der Waals surface area contributed by atoms with Gasteiger partial charge in [-0.05, 0) is 121 Å². The Bertz CT molecular complexity index is 3670. The van der Waals surface area contributed by atoms with Gasteiger partial charge < -0.3 is 14.1 Å². The van der Waals surface area contributed by atoms with Gasteiger partial charge in [-0.2, -0.15) is 0 Å². The summed E-state index contributed by atoms with van der Waals surface area (Å²) in [5.74, 6) is 1.09. The first-order valence-electron chi connectivity index (χ1n) is 21.7. The number of hydrogen-bond acceptors (Lipinski definition) is 3. The van der Waals surface area contributed by atoms with Crippen molar-refractivity contribution in [2.45, 2.75) is 12.0 Å². The summed E-state index contributed by atoms with van der Waals surface area (Å²) in [5, 5.41) is 9.74. The summed E-state index contributed by atoms with van der Waals surface area (Å²) in [5.41, 5.74) is 13.3. The molecule has 1 aliphatic carbocycles. The third-order valence-corrected chi connectivity index (χ3v) is 13.2. The van der Waals surface area contributed by atoms with Crippen LogP contribution in [0, 0.1) is 0 Å². The molecule has 10 aromatic carbocycles. The molecule has 3 nitrogen and oxygen atoms in total. The third kappa shape index (κ3) is 5.81. The zero-order valence-corrected chi connectivity index (χ0v) is 34.3. The molecule has 1 aliphatic heterocycles. The van der Waals surface area contributed by atoms with Gasteiger partial charge in [-0.1, -0.05) is 164 Å². The van der Waals surface area contributed by atoms with Crippen LogP contribution in [-0.2, 0) is 0 Å². The second-order valence-electron chi connectivity index (χ2n) is 16.7. The lowest BCUT2D eigenvalue weighted by molar-refractivity contribution is 0.269. The summed E-state index contributed by atoms with van der Waals surface area (Å²) in [6.07, 6.45) is 6.86. The van der Waals surface area contributed by atoms with Gasteiger partial charge in [0.1, 0.15) is 23.0 Å². The van der Waals surface area contributed by atoms with Gasteiger partial charge in [0.25, 0.3) is 0 Å². The Morgan fingerprint density at radius 2 is 1.05 bits per heavy atom. The van der Waals surface area contributed by atoms with E-state index < -0.39 is 0 Å². The van der Waals surface area contributed by atoms with E-state index >= 15 is 0 Å². The fourth-order valence-corrected chi connectivity index (χ4v) is 10.2. The predicted molar refractivity (Wildman–Crippen MR) is 263 cm³/mol. The maximum Gasteiger partial charge on any atom is 0.136 e. The molecule has 2 atom stereocenters. The lowest BCUT2D eigenvalue weighted by atomic mass is 9.85. The van der Waals surface area contributed by atoms with Gasteiger partial charge in [-0.25, -0.2) is 0 Å². The van der Waals surface area contributed by atoms with Crippen LogP contribution >= 0.6 is 0 Å². The van der Waals surface area contributed by atoms with E-state index in [9.17, 15) is 0 Å². The number of hydrogen-bond donors (Lipinski definition) is 0. The normalized spacial score (nSPS) is 15.5. The Balaban J connectivity index is 0.939. The van der Waals surface area contributed by atoms with Gasteiger partial charge in [0.15, 0.2) is 0 Å². The van der Waals surface area contributed by atoms with Gasteiger partial charge in [-0.15, -0.1) is 0 Å². The minimum Gasteiger partial charge on any atom is -0.485 e. The van der Waals surface area contributed by atoms with E-state index in [1.54, 1.807) is 0 Å². The maximum absolute atomic E-state index is 6.56. The van der Waals surface area contributed by atoms with Crippen LogP contribution in [0.3, 0.4) is 0 Å². The maximum atomic E-state index is 6.56. The van der Waals surface area contributed by atoms with E-state index in [0.29, 0.717) is 0 Å². The number of nitrogens with zero attached hydrogens (tertiary/aromatic N) is 1. The number of rotatable bonds is 6. The van der Waals surface area contributed by atoms with Crippen LogP contribution in [-0.4, -0.2) is 6.10 Å². The molecule has 63 heavy (non-hydrogen) atoms. The van der Waals surface area contributed by atoms with E-state index in [0.717, 1.165) is 61.4 Å². The van der Waals surface area contributed by atoms with Crippen LogP contribution in [0.15, 0.2) is 229 Å². The van der Waals surface area contributed by atoms with E-state index in [4.69, 9.17) is 9.15 Å². The molecule has 3 heteroatoms. The molecule has 0 fully saturated rings. The summed E-state index contributed by atoms with van der Waals surface area (Å²) >= 11 is 0. The first kappa shape index (κ1) is 35.6. The second kappa shape index (κ2) is 14.2. The zero-order chi connectivity index (χ0) is 41.4. The van der Waals surface area contributed by atoms with Gasteiger partial charge >= 0.3 is 0 Å². The Kier molecular flexibility index (Phi) is 8.04. The molecule has 0 saturated heterocycles. The van der Waals surface area contributed by atoms with E-state index in [-0.39, 0.29) is 12.0 Å². The standard InChI is InChI=1S/C60H39NO2/c1-2-13-42-37-59-54(35-41(42)12-1)53-36-43(28-34-57(53)63-59)48-15-5-7-20-55(48)61(45-31-25-40(26-32-45)49-18-10-22-58-60(49)52-16-6-8-21-56(52)62-58)44-29-23-39(24-30-44)47-17-9-19-50-46-14-4-3-11-38(46)27-33-51(47)50/h1-37,53,57H. The molecule has 0 N–H and O–H groups in total. The Hall–Kier alpha value is -8.14. The lowest BCUT2D eigenvalue weighted by Gasteiger charge is -2.29. The Labute approximate surface area is 365 Å². The number of furan rings is 1. The Morgan fingerprint density at radius 3 is 1.87 bits per heavy atom. The van der Waals surface area contributed by atoms with Crippen molar-refractivity contribution in [2.75, 3.05) is 4.90 Å². The SMILES string of the molecule is C1=CC2Oc3cc4ccccc4cc3C2C=C1c1ccccc1N(c1ccc(-c2cccc3c2ccc2ccccc23)cc1)c1ccc(-c2cccc3oc4ccccc4c23)cc1. The van der Waals surface area contributed by atoms with Gasteiger partial charge in [0.05, 0.1) is 5.69 Å². The highest BCUT2D eigenvalue weighted by Gasteiger charge is 2.34. The quantitative estimate of drug-likeness (QED) is 0.157. The monoisotopic (exact) mass is 805 g/mol. The van der Waals surface area contributed by atoms with E-state index in [2.05, 4.69) is 217 Å². The fourth-order valence-electron chi connectivity index (χ4n) is 10.2. The van der Waals surface area contributed by atoms with Crippen LogP contribution in [0.2, 0.25) is 0 Å². The number of ether oxygens (including phenoxy) is 1. The molecule has 2 heterocycles. The highest BCUT2D eigenvalue weighted by atomic mass is 16.5. The van der Waals surface area contributed by atoms with Crippen LogP contribution in [0.1, 0.15) is 17.0 Å². The molecule has 0 saturated carbocycles. The Morgan fingerprint density at radius 1 is 0.429 bits per heavy atom. The molecule has 2 aliphatic rings. The number of anilines is 3. The van der Waals surface area contributed by atoms with Crippen molar-refractivity contribution < 1.29 is 9.15 Å². The third-order valence-electron chi connectivity index (χ3n) is 13.2. The van der Waals surface area contributed by atoms with Gasteiger partial charge in [0, 0.05) is 39.2 Å². The van der Waals surface area contributed by atoms with Crippen molar-refractivity contribution in [3.05, 3.63) is 236 Å². The number of benzene rings is 10. The summed E-state index contributed by atoms with van der Waals surface area (Å²) in [6, 6.07) is 74.4. The molecule has 1 aromatic heterocycles. The van der Waals surface area contributed by atoms with Crippen molar-refractivity contribution >= 4 is 76.9 Å². The van der Waals surface area contributed by atoms with Gasteiger partial charge in [-0.3, -0.25) is 0 Å². The van der Waals surface area contributed by atoms with Crippen LogP contribution < -0.4 is 9.64 Å². The highest BCUT2D eigenvalue weighted by Crippen LogP contribution is 2.48. The molecule has 0 bridgehead atoms.